The van der Waals surface area contributed by atoms with Crippen molar-refractivity contribution in [3.8, 4) is 0 Å². The second-order valence-corrected chi connectivity index (χ2v) is 5.38. The fourth-order valence-electron chi connectivity index (χ4n) is 1.69. The van der Waals surface area contributed by atoms with Gasteiger partial charge >= 0.3 is 0 Å². The van der Waals surface area contributed by atoms with Crippen LogP contribution in [0.15, 0.2) is 4.47 Å². The van der Waals surface area contributed by atoms with Gasteiger partial charge in [0, 0.05) is 13.1 Å². The Labute approximate surface area is 117 Å². The number of carbonyl (C=O) groups excluding carboxylic acids is 1. The summed E-state index contributed by atoms with van der Waals surface area (Å²) in [6.45, 7) is 6.67. The zero-order valence-corrected chi connectivity index (χ0v) is 13.2. The number of rotatable bonds is 7. The van der Waals surface area contributed by atoms with Gasteiger partial charge < -0.3 is 5.32 Å². The van der Waals surface area contributed by atoms with Crippen molar-refractivity contribution in [1.29, 1.82) is 0 Å². The van der Waals surface area contributed by atoms with E-state index in [2.05, 4.69) is 47.1 Å². The number of aryl methyl sites for hydroxylation is 2. The molecule has 0 aliphatic rings. The van der Waals surface area contributed by atoms with Gasteiger partial charge in [-0.2, -0.15) is 5.10 Å². The second kappa shape index (κ2) is 7.04. The summed E-state index contributed by atoms with van der Waals surface area (Å²) in [5, 5.41) is 7.61. The van der Waals surface area contributed by atoms with Crippen LogP contribution in [-0.2, 0) is 24.7 Å². The number of aromatic nitrogens is 2. The van der Waals surface area contributed by atoms with Crippen LogP contribution in [0.4, 0.5) is 0 Å². The van der Waals surface area contributed by atoms with Gasteiger partial charge in [-0.15, -0.1) is 0 Å². The zero-order chi connectivity index (χ0) is 13.7. The predicted molar refractivity (Wildman–Crippen MR) is 76.8 cm³/mol. The zero-order valence-electron chi connectivity index (χ0n) is 11.6. The highest BCUT2D eigenvalue weighted by atomic mass is 79.9. The third-order valence-corrected chi connectivity index (χ3v) is 4.04. The maximum atomic E-state index is 11.9. The molecule has 0 saturated carbocycles. The van der Waals surface area contributed by atoms with Gasteiger partial charge in [-0.1, -0.05) is 13.8 Å². The van der Waals surface area contributed by atoms with E-state index in [0.717, 1.165) is 28.7 Å². The molecule has 1 aromatic rings. The van der Waals surface area contributed by atoms with E-state index < -0.39 is 0 Å². The molecule has 1 aromatic heterocycles. The number of nitrogens with zero attached hydrogens (tertiary/aromatic N) is 2. The van der Waals surface area contributed by atoms with Crippen molar-refractivity contribution in [2.75, 3.05) is 6.54 Å². The maximum absolute atomic E-state index is 11.9. The molecule has 1 N–H and O–H groups in total. The van der Waals surface area contributed by atoms with Crippen LogP contribution in [0.5, 0.6) is 0 Å². The summed E-state index contributed by atoms with van der Waals surface area (Å²) in [7, 11) is 1.88. The normalized spacial score (nSPS) is 12.7. The van der Waals surface area contributed by atoms with E-state index in [1.807, 2.05) is 7.05 Å². The Morgan fingerprint density at radius 3 is 2.67 bits per heavy atom. The Bertz CT molecular complexity index is 415. The molecule has 1 unspecified atom stereocenters. The second-order valence-electron chi connectivity index (χ2n) is 4.59. The van der Waals surface area contributed by atoms with E-state index in [9.17, 15) is 4.79 Å². The number of hydrogen-bond acceptors (Lipinski definition) is 3. The van der Waals surface area contributed by atoms with Gasteiger partial charge in [0.05, 0.1) is 28.8 Å². The monoisotopic (exact) mass is 315 g/mol. The van der Waals surface area contributed by atoms with E-state index in [1.165, 1.54) is 0 Å². The Hall–Kier alpha value is -0.680. The number of carbonyl (C=O) groups is 1. The molecule has 0 aromatic carbocycles. The molecular formula is C13H22BrN3O. The van der Waals surface area contributed by atoms with E-state index >= 15 is 0 Å². The molecule has 0 amide bonds. The van der Waals surface area contributed by atoms with E-state index in [4.69, 9.17) is 0 Å². The highest BCUT2D eigenvalue weighted by molar-refractivity contribution is 9.10. The van der Waals surface area contributed by atoms with Crippen molar-refractivity contribution < 1.29 is 4.79 Å². The lowest BCUT2D eigenvalue weighted by Gasteiger charge is -2.10. The van der Waals surface area contributed by atoms with Crippen LogP contribution < -0.4 is 5.32 Å². The van der Waals surface area contributed by atoms with Crippen LogP contribution in [0.1, 0.15) is 38.6 Å². The number of nitrogens with one attached hydrogen (secondary N) is 1. The summed E-state index contributed by atoms with van der Waals surface area (Å²) in [6.07, 6.45) is 2.32. The molecular weight excluding hydrogens is 294 g/mol. The highest BCUT2D eigenvalue weighted by Gasteiger charge is 2.15. The minimum atomic E-state index is 0.196. The standard InChI is InChI=1S/C13H22BrN3O/c1-5-9(3)15-8-10(18)7-12-13(14)11(6-2)16-17(12)4/h9,15H,5-8H2,1-4H3. The van der Waals surface area contributed by atoms with Crippen LogP contribution in [0, 0.1) is 0 Å². The highest BCUT2D eigenvalue weighted by Crippen LogP contribution is 2.21. The summed E-state index contributed by atoms with van der Waals surface area (Å²) in [6, 6.07) is 0.384. The van der Waals surface area contributed by atoms with Crippen LogP contribution in [0.25, 0.3) is 0 Å². The Kier molecular flexibility index (Phi) is 6.02. The van der Waals surface area contributed by atoms with Crippen LogP contribution in [0.2, 0.25) is 0 Å². The van der Waals surface area contributed by atoms with Gasteiger partial charge in [0.25, 0.3) is 0 Å². The quantitative estimate of drug-likeness (QED) is 0.839. The first-order valence-electron chi connectivity index (χ1n) is 6.44. The maximum Gasteiger partial charge on any atom is 0.152 e. The molecule has 1 heterocycles. The van der Waals surface area contributed by atoms with Crippen molar-refractivity contribution in [3.05, 3.63) is 15.9 Å². The Balaban J connectivity index is 2.62. The lowest BCUT2D eigenvalue weighted by atomic mass is 10.2. The molecule has 5 heteroatoms. The van der Waals surface area contributed by atoms with Crippen molar-refractivity contribution in [2.45, 2.75) is 46.1 Å². The summed E-state index contributed by atoms with van der Waals surface area (Å²) in [5.41, 5.74) is 1.97. The van der Waals surface area contributed by atoms with Crippen LogP contribution >= 0.6 is 15.9 Å². The average Bonchev–Trinajstić information content (AvgIpc) is 2.63. The third kappa shape index (κ3) is 3.92. The van der Waals surface area contributed by atoms with E-state index in [1.54, 1.807) is 4.68 Å². The molecule has 0 aliphatic heterocycles. The minimum absolute atomic E-state index is 0.196. The van der Waals surface area contributed by atoms with Gasteiger partial charge in [0.1, 0.15) is 0 Å². The molecule has 4 nitrogen and oxygen atoms in total. The predicted octanol–water partition coefficient (Wildman–Crippen LogP) is 2.24. The van der Waals surface area contributed by atoms with E-state index in [0.29, 0.717) is 19.0 Å². The first-order chi connectivity index (χ1) is 8.49. The molecule has 0 radical (unpaired) electrons. The van der Waals surface area contributed by atoms with E-state index in [-0.39, 0.29) is 5.78 Å². The number of halogens is 1. The van der Waals surface area contributed by atoms with Crippen molar-refractivity contribution in [3.63, 3.8) is 0 Å². The van der Waals surface area contributed by atoms with Gasteiger partial charge in [0.15, 0.2) is 5.78 Å². The lowest BCUT2D eigenvalue weighted by Crippen LogP contribution is -2.31. The van der Waals surface area contributed by atoms with Crippen molar-refractivity contribution in [1.82, 2.24) is 15.1 Å². The fourth-order valence-corrected chi connectivity index (χ4v) is 2.45. The van der Waals surface area contributed by atoms with Gasteiger partial charge in [-0.3, -0.25) is 9.48 Å². The molecule has 0 saturated heterocycles. The number of ketones is 1. The SMILES string of the molecule is CCc1nn(C)c(CC(=O)CNC(C)CC)c1Br. The molecule has 1 rings (SSSR count). The molecule has 18 heavy (non-hydrogen) atoms. The van der Waals surface area contributed by atoms with Crippen molar-refractivity contribution >= 4 is 21.7 Å². The smallest absolute Gasteiger partial charge is 0.152 e. The first-order valence-corrected chi connectivity index (χ1v) is 7.24. The molecule has 0 fully saturated rings. The number of hydrogen-bond donors (Lipinski definition) is 1. The summed E-state index contributed by atoms with van der Waals surface area (Å²) >= 11 is 3.53. The molecule has 0 bridgehead atoms. The Morgan fingerprint density at radius 2 is 2.17 bits per heavy atom. The van der Waals surface area contributed by atoms with Crippen LogP contribution in [0.3, 0.4) is 0 Å². The van der Waals surface area contributed by atoms with Gasteiger partial charge in [-0.05, 0) is 35.7 Å². The summed E-state index contributed by atoms with van der Waals surface area (Å²) in [4.78, 5) is 11.9. The fraction of sp³-hybridized carbons (Fsp3) is 0.692. The Morgan fingerprint density at radius 1 is 1.50 bits per heavy atom. The number of Topliss-reactive ketones (excluding diaryl/α,β-unsaturated/α-hetero) is 1. The van der Waals surface area contributed by atoms with Gasteiger partial charge in [0.2, 0.25) is 0 Å². The summed E-state index contributed by atoms with van der Waals surface area (Å²) < 4.78 is 2.77. The molecule has 102 valence electrons. The largest absolute Gasteiger partial charge is 0.307 e. The topological polar surface area (TPSA) is 46.9 Å². The first kappa shape index (κ1) is 15.4. The molecule has 0 aliphatic carbocycles. The van der Waals surface area contributed by atoms with Crippen molar-refractivity contribution in [2.24, 2.45) is 7.05 Å². The summed E-state index contributed by atoms with van der Waals surface area (Å²) in [5.74, 6) is 0.196. The van der Waals surface area contributed by atoms with Gasteiger partial charge in [-0.25, -0.2) is 0 Å². The third-order valence-electron chi connectivity index (χ3n) is 3.13. The van der Waals surface area contributed by atoms with Crippen LogP contribution in [-0.4, -0.2) is 28.2 Å². The minimum Gasteiger partial charge on any atom is -0.307 e. The molecule has 1 atom stereocenters. The molecule has 0 spiro atoms. The lowest BCUT2D eigenvalue weighted by molar-refractivity contribution is -0.117. The average molecular weight is 316 g/mol.